The lowest BCUT2D eigenvalue weighted by Crippen LogP contribution is -2.25. The number of anilines is 1. The monoisotopic (exact) mass is 443 g/mol. The number of nitrogens with one attached hydrogen (secondary N) is 2. The zero-order chi connectivity index (χ0) is 22.1. The van der Waals surface area contributed by atoms with Crippen molar-refractivity contribution in [1.29, 1.82) is 0 Å². The fraction of sp³-hybridized carbons (Fsp3) is 0.125. The summed E-state index contributed by atoms with van der Waals surface area (Å²) in [5, 5.41) is 9.61. The number of ether oxygens (including phenoxy) is 1. The molecule has 160 valence electrons. The summed E-state index contributed by atoms with van der Waals surface area (Å²) in [5.74, 6) is 0.494. The number of aryl methyl sites for hydroxylation is 2. The summed E-state index contributed by atoms with van der Waals surface area (Å²) >= 11 is 1.51. The smallest absolute Gasteiger partial charge is 0.262 e. The zero-order valence-electron chi connectivity index (χ0n) is 17.6. The van der Waals surface area contributed by atoms with Crippen LogP contribution in [0.3, 0.4) is 0 Å². The van der Waals surface area contributed by atoms with Gasteiger partial charge in [0.1, 0.15) is 5.75 Å². The Bertz CT molecular complexity index is 1380. The first kappa shape index (κ1) is 20.0. The van der Waals surface area contributed by atoms with Crippen molar-refractivity contribution >= 4 is 34.8 Å². The molecule has 2 N–H and O–H groups in total. The third-order valence-electron chi connectivity index (χ3n) is 5.17. The number of fused-ring (bicyclic) bond motifs is 1. The van der Waals surface area contributed by atoms with E-state index in [0.29, 0.717) is 11.4 Å². The number of carbonyl (C=O) groups is 1. The number of benzene rings is 2. The molecule has 2 aromatic heterocycles. The van der Waals surface area contributed by atoms with Gasteiger partial charge >= 0.3 is 0 Å². The van der Waals surface area contributed by atoms with Gasteiger partial charge in [-0.3, -0.25) is 4.79 Å². The molecule has 0 aliphatic carbocycles. The predicted molar refractivity (Wildman–Crippen MR) is 127 cm³/mol. The van der Waals surface area contributed by atoms with Crippen LogP contribution in [0.5, 0.6) is 5.75 Å². The van der Waals surface area contributed by atoms with E-state index in [1.807, 2.05) is 52.7 Å². The van der Waals surface area contributed by atoms with Crippen molar-refractivity contribution in [3.05, 3.63) is 81.7 Å². The summed E-state index contributed by atoms with van der Waals surface area (Å²) in [6.45, 7) is 4.14. The van der Waals surface area contributed by atoms with Crippen molar-refractivity contribution in [2.75, 3.05) is 11.9 Å². The first-order valence-electron chi connectivity index (χ1n) is 10.1. The van der Waals surface area contributed by atoms with Gasteiger partial charge in [-0.25, -0.2) is 9.67 Å². The standard InChI is InChI=1S/C24H21N5O2S/c1-15-5-3-6-16(2)23(15)28-24-29(26-12-18-7-4-10-25-18)20(14-32-24)17-8-9-21-19(11-17)27-22(30)13-31-21/h3-12,14,25H,13H2,1-2H3,(H,27,30). The number of amides is 1. The maximum absolute atomic E-state index is 11.8. The second-order valence-electron chi connectivity index (χ2n) is 7.49. The first-order valence-corrected chi connectivity index (χ1v) is 11.0. The molecule has 1 aliphatic rings. The van der Waals surface area contributed by atoms with Crippen LogP contribution in [0.15, 0.2) is 70.2 Å². The maximum Gasteiger partial charge on any atom is 0.262 e. The lowest BCUT2D eigenvalue weighted by atomic mass is 10.1. The van der Waals surface area contributed by atoms with Gasteiger partial charge in [0.25, 0.3) is 5.91 Å². The second-order valence-corrected chi connectivity index (χ2v) is 8.32. The Kier molecular flexibility index (Phi) is 5.20. The van der Waals surface area contributed by atoms with Crippen molar-refractivity contribution in [2.24, 2.45) is 10.1 Å². The highest BCUT2D eigenvalue weighted by molar-refractivity contribution is 7.07. The topological polar surface area (TPSA) is 83.8 Å². The average molecular weight is 444 g/mol. The Morgan fingerprint density at radius 3 is 2.75 bits per heavy atom. The van der Waals surface area contributed by atoms with Crippen molar-refractivity contribution in [3.8, 4) is 17.0 Å². The molecule has 7 nitrogen and oxygen atoms in total. The number of para-hydroxylation sites is 1. The van der Waals surface area contributed by atoms with Gasteiger partial charge in [0.05, 0.1) is 29.0 Å². The Labute approximate surface area is 188 Å². The number of carbonyl (C=O) groups excluding carboxylic acids is 1. The molecule has 5 rings (SSSR count). The molecule has 0 radical (unpaired) electrons. The van der Waals surface area contributed by atoms with E-state index in [9.17, 15) is 4.79 Å². The van der Waals surface area contributed by atoms with Gasteiger partial charge < -0.3 is 15.0 Å². The summed E-state index contributed by atoms with van der Waals surface area (Å²) in [5.41, 5.74) is 6.46. The highest BCUT2D eigenvalue weighted by Gasteiger charge is 2.18. The molecule has 0 saturated carbocycles. The number of hydrogen-bond acceptors (Lipinski definition) is 5. The predicted octanol–water partition coefficient (Wildman–Crippen LogP) is 4.61. The molecule has 0 fully saturated rings. The summed E-state index contributed by atoms with van der Waals surface area (Å²) in [4.78, 5) is 20.6. The van der Waals surface area contributed by atoms with Crippen LogP contribution in [0.4, 0.5) is 11.4 Å². The molecule has 2 aromatic carbocycles. The number of aromatic amines is 1. The summed E-state index contributed by atoms with van der Waals surface area (Å²) in [6.07, 6.45) is 3.62. The van der Waals surface area contributed by atoms with Crippen molar-refractivity contribution in [2.45, 2.75) is 13.8 Å². The second kappa shape index (κ2) is 8.32. The minimum absolute atomic E-state index is 0.0318. The van der Waals surface area contributed by atoms with Crippen LogP contribution >= 0.6 is 11.3 Å². The third kappa shape index (κ3) is 3.88. The van der Waals surface area contributed by atoms with Crippen LogP contribution in [0.1, 0.15) is 16.8 Å². The van der Waals surface area contributed by atoms with E-state index in [0.717, 1.165) is 38.6 Å². The summed E-state index contributed by atoms with van der Waals surface area (Å²) in [7, 11) is 0. The Hall–Kier alpha value is -3.91. The average Bonchev–Trinajstić information content (AvgIpc) is 3.44. The SMILES string of the molecule is Cc1cccc(C)c1N=c1scc(-c2ccc3c(c2)NC(=O)CO3)n1N=Cc1ccc[nH]1. The molecule has 32 heavy (non-hydrogen) atoms. The van der Waals surface area contributed by atoms with Crippen LogP contribution in [-0.2, 0) is 4.79 Å². The molecule has 8 heteroatoms. The fourth-order valence-corrected chi connectivity index (χ4v) is 4.39. The number of rotatable bonds is 4. The Morgan fingerprint density at radius 2 is 1.97 bits per heavy atom. The molecule has 0 spiro atoms. The van der Waals surface area contributed by atoms with E-state index in [4.69, 9.17) is 14.8 Å². The molecular weight excluding hydrogens is 422 g/mol. The number of thiazole rings is 1. The molecule has 0 saturated heterocycles. The van der Waals surface area contributed by atoms with E-state index < -0.39 is 0 Å². The number of hydrogen-bond donors (Lipinski definition) is 2. The minimum Gasteiger partial charge on any atom is -0.482 e. The first-order chi connectivity index (χ1) is 15.6. The van der Waals surface area contributed by atoms with Crippen LogP contribution in [-0.4, -0.2) is 28.4 Å². The number of nitrogens with zero attached hydrogens (tertiary/aromatic N) is 3. The largest absolute Gasteiger partial charge is 0.482 e. The Balaban J connectivity index is 1.66. The summed E-state index contributed by atoms with van der Waals surface area (Å²) < 4.78 is 7.32. The normalized spacial score (nSPS) is 13.8. The van der Waals surface area contributed by atoms with Gasteiger partial charge in [0.2, 0.25) is 4.80 Å². The third-order valence-corrected chi connectivity index (χ3v) is 5.99. The van der Waals surface area contributed by atoms with Gasteiger partial charge in [-0.05, 0) is 55.3 Å². The lowest BCUT2D eigenvalue weighted by Gasteiger charge is -2.18. The van der Waals surface area contributed by atoms with E-state index in [-0.39, 0.29) is 12.5 Å². The van der Waals surface area contributed by atoms with Gasteiger partial charge in [-0.15, -0.1) is 11.3 Å². The van der Waals surface area contributed by atoms with Crippen molar-refractivity contribution in [3.63, 3.8) is 0 Å². The molecule has 1 amide bonds. The van der Waals surface area contributed by atoms with Crippen LogP contribution in [0, 0.1) is 13.8 Å². The Morgan fingerprint density at radius 1 is 1.12 bits per heavy atom. The molecular formula is C24H21N5O2S. The molecule has 0 bridgehead atoms. The summed E-state index contributed by atoms with van der Waals surface area (Å²) in [6, 6.07) is 15.7. The van der Waals surface area contributed by atoms with E-state index in [2.05, 4.69) is 36.3 Å². The number of H-pyrrole nitrogens is 1. The van der Waals surface area contributed by atoms with Gasteiger partial charge in [-0.2, -0.15) is 5.10 Å². The van der Waals surface area contributed by atoms with Gasteiger partial charge in [0, 0.05) is 17.1 Å². The van der Waals surface area contributed by atoms with Crippen molar-refractivity contribution < 1.29 is 9.53 Å². The van der Waals surface area contributed by atoms with E-state index in [1.54, 1.807) is 6.21 Å². The van der Waals surface area contributed by atoms with Crippen LogP contribution < -0.4 is 14.9 Å². The van der Waals surface area contributed by atoms with E-state index in [1.165, 1.54) is 11.3 Å². The maximum atomic E-state index is 11.8. The highest BCUT2D eigenvalue weighted by atomic mass is 32.1. The minimum atomic E-state index is -0.164. The quantitative estimate of drug-likeness (QED) is 0.452. The van der Waals surface area contributed by atoms with Gasteiger partial charge in [0.15, 0.2) is 6.61 Å². The van der Waals surface area contributed by atoms with Crippen LogP contribution in [0.2, 0.25) is 0 Å². The zero-order valence-corrected chi connectivity index (χ0v) is 18.4. The number of aromatic nitrogens is 2. The lowest BCUT2D eigenvalue weighted by molar-refractivity contribution is -0.118. The fourth-order valence-electron chi connectivity index (χ4n) is 3.55. The van der Waals surface area contributed by atoms with E-state index >= 15 is 0 Å². The van der Waals surface area contributed by atoms with Crippen LogP contribution in [0.25, 0.3) is 11.3 Å². The molecule has 4 aromatic rings. The van der Waals surface area contributed by atoms with Gasteiger partial charge in [-0.1, -0.05) is 18.2 Å². The highest BCUT2D eigenvalue weighted by Crippen LogP contribution is 2.33. The molecule has 0 unspecified atom stereocenters. The van der Waals surface area contributed by atoms with Crippen molar-refractivity contribution in [1.82, 2.24) is 9.66 Å². The molecule has 0 atom stereocenters. The molecule has 1 aliphatic heterocycles. The molecule has 3 heterocycles.